The predicted octanol–water partition coefficient (Wildman–Crippen LogP) is 2.68. The van der Waals surface area contributed by atoms with Crippen LogP contribution in [0.4, 0.5) is 0 Å². The number of carbonyl (C=O) groups excluding carboxylic acids is 1. The first-order valence-electron chi connectivity index (χ1n) is 5.43. The molecule has 1 aliphatic heterocycles. The molecule has 2 heterocycles. The zero-order valence-electron chi connectivity index (χ0n) is 9.12. The average molecular weight is 231 g/mol. The Morgan fingerprint density at radius 1 is 1.38 bits per heavy atom. The van der Waals surface area contributed by atoms with Crippen LogP contribution in [0.2, 0.25) is 0 Å². The standard InChI is InChI=1S/C13H13NOS/c1-13(7-12(15)14-8-13)11-6-9-4-2-3-5-10(9)16-11/h2-6H,7-8H2,1H3,(H,14,15). The highest BCUT2D eigenvalue weighted by Crippen LogP contribution is 2.38. The summed E-state index contributed by atoms with van der Waals surface area (Å²) in [6, 6.07) is 10.6. The quantitative estimate of drug-likeness (QED) is 0.803. The van der Waals surface area contributed by atoms with Crippen LogP contribution in [-0.2, 0) is 10.2 Å². The van der Waals surface area contributed by atoms with Gasteiger partial charge in [0, 0.05) is 28.0 Å². The summed E-state index contributed by atoms with van der Waals surface area (Å²) in [5.41, 5.74) is -0.0131. The van der Waals surface area contributed by atoms with Gasteiger partial charge in [-0.05, 0) is 17.5 Å². The summed E-state index contributed by atoms with van der Waals surface area (Å²) in [5.74, 6) is 0.167. The number of fused-ring (bicyclic) bond motifs is 1. The minimum atomic E-state index is -0.0131. The Labute approximate surface area is 98.3 Å². The van der Waals surface area contributed by atoms with Crippen molar-refractivity contribution < 1.29 is 4.79 Å². The van der Waals surface area contributed by atoms with E-state index in [1.807, 2.05) is 0 Å². The lowest BCUT2D eigenvalue weighted by Crippen LogP contribution is -2.23. The van der Waals surface area contributed by atoms with E-state index in [0.717, 1.165) is 6.54 Å². The van der Waals surface area contributed by atoms with E-state index < -0.39 is 0 Å². The van der Waals surface area contributed by atoms with Gasteiger partial charge in [-0.25, -0.2) is 0 Å². The molecule has 1 aromatic heterocycles. The van der Waals surface area contributed by atoms with Crippen LogP contribution in [0.15, 0.2) is 30.3 Å². The van der Waals surface area contributed by atoms with Gasteiger partial charge in [0.15, 0.2) is 0 Å². The summed E-state index contributed by atoms with van der Waals surface area (Å²) in [6.07, 6.45) is 0.611. The van der Waals surface area contributed by atoms with Gasteiger partial charge in [0.2, 0.25) is 5.91 Å². The van der Waals surface area contributed by atoms with Gasteiger partial charge in [0.25, 0.3) is 0 Å². The fraction of sp³-hybridized carbons (Fsp3) is 0.308. The lowest BCUT2D eigenvalue weighted by molar-refractivity contribution is -0.119. The highest BCUT2D eigenvalue weighted by atomic mass is 32.1. The Balaban J connectivity index is 2.09. The van der Waals surface area contributed by atoms with Gasteiger partial charge in [0.1, 0.15) is 0 Å². The zero-order valence-corrected chi connectivity index (χ0v) is 9.93. The SMILES string of the molecule is CC1(c2cc3ccccc3s2)CNC(=O)C1. The summed E-state index contributed by atoms with van der Waals surface area (Å²) < 4.78 is 1.30. The summed E-state index contributed by atoms with van der Waals surface area (Å²) in [7, 11) is 0. The Bertz CT molecular complexity index is 527. The molecule has 1 amide bonds. The molecule has 16 heavy (non-hydrogen) atoms. The first-order chi connectivity index (χ1) is 7.67. The topological polar surface area (TPSA) is 29.1 Å². The van der Waals surface area contributed by atoms with E-state index in [2.05, 4.69) is 42.6 Å². The molecule has 1 N–H and O–H groups in total. The van der Waals surface area contributed by atoms with Gasteiger partial charge in [-0.15, -0.1) is 11.3 Å². The van der Waals surface area contributed by atoms with Crippen molar-refractivity contribution in [2.75, 3.05) is 6.54 Å². The third-order valence-electron chi connectivity index (χ3n) is 3.25. The van der Waals surface area contributed by atoms with Gasteiger partial charge >= 0.3 is 0 Å². The number of thiophene rings is 1. The van der Waals surface area contributed by atoms with Crippen molar-refractivity contribution >= 4 is 27.3 Å². The van der Waals surface area contributed by atoms with Crippen LogP contribution >= 0.6 is 11.3 Å². The van der Waals surface area contributed by atoms with Crippen molar-refractivity contribution in [3.63, 3.8) is 0 Å². The lowest BCUT2D eigenvalue weighted by atomic mass is 9.88. The Kier molecular flexibility index (Phi) is 2.04. The van der Waals surface area contributed by atoms with Crippen molar-refractivity contribution in [1.82, 2.24) is 5.32 Å². The van der Waals surface area contributed by atoms with E-state index in [0.29, 0.717) is 6.42 Å². The number of hydrogen-bond acceptors (Lipinski definition) is 2. The molecule has 3 heteroatoms. The summed E-state index contributed by atoms with van der Waals surface area (Å²) in [5, 5.41) is 4.20. The maximum absolute atomic E-state index is 11.3. The third-order valence-corrected chi connectivity index (χ3v) is 4.67. The molecule has 1 aliphatic rings. The Hall–Kier alpha value is -1.35. The van der Waals surface area contributed by atoms with Gasteiger partial charge < -0.3 is 5.32 Å². The Morgan fingerprint density at radius 3 is 2.88 bits per heavy atom. The van der Waals surface area contributed by atoms with Gasteiger partial charge in [-0.2, -0.15) is 0 Å². The molecule has 3 rings (SSSR count). The number of rotatable bonds is 1. The van der Waals surface area contributed by atoms with Crippen LogP contribution in [0.25, 0.3) is 10.1 Å². The minimum absolute atomic E-state index is 0.0131. The van der Waals surface area contributed by atoms with E-state index >= 15 is 0 Å². The van der Waals surface area contributed by atoms with E-state index in [-0.39, 0.29) is 11.3 Å². The largest absolute Gasteiger partial charge is 0.355 e. The first-order valence-corrected chi connectivity index (χ1v) is 6.25. The van der Waals surface area contributed by atoms with E-state index in [9.17, 15) is 4.79 Å². The zero-order chi connectivity index (χ0) is 11.2. The van der Waals surface area contributed by atoms with E-state index in [1.165, 1.54) is 15.0 Å². The van der Waals surface area contributed by atoms with Crippen molar-refractivity contribution in [2.45, 2.75) is 18.8 Å². The van der Waals surface area contributed by atoms with E-state index in [1.54, 1.807) is 11.3 Å². The summed E-state index contributed by atoms with van der Waals surface area (Å²) >= 11 is 1.80. The second kappa shape index (κ2) is 3.32. The normalized spacial score (nSPS) is 24.9. The number of hydrogen-bond donors (Lipinski definition) is 1. The molecular weight excluding hydrogens is 218 g/mol. The maximum Gasteiger partial charge on any atom is 0.221 e. The van der Waals surface area contributed by atoms with Crippen molar-refractivity contribution in [1.29, 1.82) is 0 Å². The molecule has 1 saturated heterocycles. The molecule has 82 valence electrons. The van der Waals surface area contributed by atoms with Gasteiger partial charge in [-0.3, -0.25) is 4.79 Å². The van der Waals surface area contributed by atoms with Crippen molar-refractivity contribution in [2.24, 2.45) is 0 Å². The molecule has 0 spiro atoms. The highest BCUT2D eigenvalue weighted by molar-refractivity contribution is 7.19. The minimum Gasteiger partial charge on any atom is -0.355 e. The van der Waals surface area contributed by atoms with E-state index in [4.69, 9.17) is 0 Å². The van der Waals surface area contributed by atoms with Crippen LogP contribution < -0.4 is 5.32 Å². The molecule has 0 bridgehead atoms. The van der Waals surface area contributed by atoms with Crippen molar-refractivity contribution in [3.05, 3.63) is 35.2 Å². The Morgan fingerprint density at radius 2 is 2.19 bits per heavy atom. The lowest BCUT2D eigenvalue weighted by Gasteiger charge is -2.18. The molecule has 2 aromatic rings. The molecule has 0 aliphatic carbocycles. The summed E-state index contributed by atoms with van der Waals surface area (Å²) in [6.45, 7) is 2.92. The molecular formula is C13H13NOS. The second-order valence-electron chi connectivity index (χ2n) is 4.66. The molecule has 1 atom stereocenters. The molecule has 1 fully saturated rings. The van der Waals surface area contributed by atoms with Gasteiger partial charge in [0.05, 0.1) is 0 Å². The number of nitrogens with one attached hydrogen (secondary N) is 1. The highest BCUT2D eigenvalue weighted by Gasteiger charge is 2.36. The first kappa shape index (κ1) is 9.85. The van der Waals surface area contributed by atoms with Crippen LogP contribution in [-0.4, -0.2) is 12.5 Å². The molecule has 0 radical (unpaired) electrons. The fourth-order valence-corrected chi connectivity index (χ4v) is 3.43. The molecule has 1 aromatic carbocycles. The van der Waals surface area contributed by atoms with Crippen LogP contribution in [0.1, 0.15) is 18.2 Å². The molecule has 1 unspecified atom stereocenters. The monoisotopic (exact) mass is 231 g/mol. The number of carbonyl (C=O) groups is 1. The molecule has 2 nitrogen and oxygen atoms in total. The van der Waals surface area contributed by atoms with Crippen LogP contribution in [0, 0.1) is 0 Å². The third kappa shape index (κ3) is 1.43. The molecule has 0 saturated carbocycles. The number of benzene rings is 1. The smallest absolute Gasteiger partial charge is 0.221 e. The summed E-state index contributed by atoms with van der Waals surface area (Å²) in [4.78, 5) is 12.7. The average Bonchev–Trinajstić information content (AvgIpc) is 2.83. The van der Waals surface area contributed by atoms with Crippen molar-refractivity contribution in [3.8, 4) is 0 Å². The van der Waals surface area contributed by atoms with Crippen LogP contribution in [0.3, 0.4) is 0 Å². The number of amides is 1. The maximum atomic E-state index is 11.3. The van der Waals surface area contributed by atoms with Gasteiger partial charge in [-0.1, -0.05) is 25.1 Å². The second-order valence-corrected chi connectivity index (χ2v) is 5.75. The fourth-order valence-electron chi connectivity index (χ4n) is 2.23. The van der Waals surface area contributed by atoms with Crippen LogP contribution in [0.5, 0.6) is 0 Å². The predicted molar refractivity (Wildman–Crippen MR) is 66.8 cm³/mol.